The molecule has 1 aliphatic rings. The minimum absolute atomic E-state index is 0.0523. The van der Waals surface area contributed by atoms with E-state index in [1.54, 1.807) is 6.20 Å². The van der Waals surface area contributed by atoms with Crippen molar-refractivity contribution in [2.24, 2.45) is 5.92 Å². The molecule has 1 unspecified atom stereocenters. The Morgan fingerprint density at radius 1 is 1.29 bits per heavy atom. The lowest BCUT2D eigenvalue weighted by molar-refractivity contribution is 0.0677. The van der Waals surface area contributed by atoms with Crippen LogP contribution in [0.25, 0.3) is 0 Å². The summed E-state index contributed by atoms with van der Waals surface area (Å²) in [6.45, 7) is 4.69. The van der Waals surface area contributed by atoms with Crippen molar-refractivity contribution in [1.82, 2.24) is 9.88 Å². The van der Waals surface area contributed by atoms with Crippen LogP contribution in [0, 0.1) is 5.92 Å². The lowest BCUT2D eigenvalue weighted by atomic mass is 10.00. The highest BCUT2D eigenvalue weighted by atomic mass is 16.2. The molecule has 4 nitrogen and oxygen atoms in total. The topological polar surface area (TPSA) is 36.4 Å². The minimum Gasteiger partial charge on any atom is -0.370 e. The van der Waals surface area contributed by atoms with Crippen molar-refractivity contribution in [3.63, 3.8) is 0 Å². The third-order valence-corrected chi connectivity index (χ3v) is 4.61. The maximum absolute atomic E-state index is 12.7. The standard InChI is InChI=1S/C20H25N3O/c1-16-7-6-12-23(14-16)20(24)19-13-18(10-11-21-19)22(2)15-17-8-4-3-5-9-17/h3-5,8-11,13,16H,6-7,12,14-15H2,1-2H3. The molecule has 0 spiro atoms. The van der Waals surface area contributed by atoms with E-state index >= 15 is 0 Å². The molecule has 2 heterocycles. The molecule has 0 saturated carbocycles. The zero-order valence-electron chi connectivity index (χ0n) is 14.5. The van der Waals surface area contributed by atoms with E-state index < -0.39 is 0 Å². The van der Waals surface area contributed by atoms with E-state index in [4.69, 9.17) is 0 Å². The number of anilines is 1. The summed E-state index contributed by atoms with van der Waals surface area (Å²) in [5, 5.41) is 0. The summed E-state index contributed by atoms with van der Waals surface area (Å²) in [6, 6.07) is 14.2. The first-order valence-electron chi connectivity index (χ1n) is 8.64. The zero-order chi connectivity index (χ0) is 16.9. The first-order chi connectivity index (χ1) is 11.6. The minimum atomic E-state index is 0.0523. The van der Waals surface area contributed by atoms with Gasteiger partial charge >= 0.3 is 0 Å². The molecule has 1 aliphatic heterocycles. The van der Waals surface area contributed by atoms with Crippen LogP contribution in [-0.2, 0) is 6.54 Å². The SMILES string of the molecule is CC1CCCN(C(=O)c2cc(N(C)Cc3ccccc3)ccn2)C1. The Hall–Kier alpha value is -2.36. The van der Waals surface area contributed by atoms with E-state index in [0.29, 0.717) is 11.6 Å². The number of piperidine rings is 1. The molecule has 1 aromatic carbocycles. The van der Waals surface area contributed by atoms with Crippen LogP contribution in [-0.4, -0.2) is 35.9 Å². The Morgan fingerprint density at radius 2 is 2.08 bits per heavy atom. The Balaban J connectivity index is 1.72. The summed E-state index contributed by atoms with van der Waals surface area (Å²) >= 11 is 0. The van der Waals surface area contributed by atoms with E-state index in [1.165, 1.54) is 12.0 Å². The highest BCUT2D eigenvalue weighted by Crippen LogP contribution is 2.20. The summed E-state index contributed by atoms with van der Waals surface area (Å²) in [7, 11) is 2.04. The van der Waals surface area contributed by atoms with Crippen molar-refractivity contribution in [2.75, 3.05) is 25.0 Å². The van der Waals surface area contributed by atoms with Crippen molar-refractivity contribution in [3.8, 4) is 0 Å². The zero-order valence-corrected chi connectivity index (χ0v) is 14.5. The predicted octanol–water partition coefficient (Wildman–Crippen LogP) is 3.59. The Bertz CT molecular complexity index is 686. The molecule has 0 aliphatic carbocycles. The molecule has 3 rings (SSSR count). The summed E-state index contributed by atoms with van der Waals surface area (Å²) in [5.74, 6) is 0.628. The molecule has 0 N–H and O–H groups in total. The van der Waals surface area contributed by atoms with Gasteiger partial charge in [-0.3, -0.25) is 9.78 Å². The Morgan fingerprint density at radius 3 is 2.83 bits per heavy atom. The summed E-state index contributed by atoms with van der Waals surface area (Å²) in [6.07, 6.45) is 4.02. The molecule has 0 radical (unpaired) electrons. The van der Waals surface area contributed by atoms with Crippen LogP contribution < -0.4 is 4.90 Å². The molecule has 1 fully saturated rings. The summed E-state index contributed by atoms with van der Waals surface area (Å²) in [4.78, 5) is 21.1. The normalized spacial score (nSPS) is 17.6. The molecule has 4 heteroatoms. The number of pyridine rings is 1. The van der Waals surface area contributed by atoms with Crippen molar-refractivity contribution in [3.05, 3.63) is 59.9 Å². The van der Waals surface area contributed by atoms with Gasteiger partial charge in [0.1, 0.15) is 5.69 Å². The molecule has 1 aromatic heterocycles. The van der Waals surface area contributed by atoms with E-state index in [0.717, 1.165) is 31.7 Å². The smallest absolute Gasteiger partial charge is 0.272 e. The van der Waals surface area contributed by atoms with Crippen LogP contribution in [0.5, 0.6) is 0 Å². The molecular formula is C20H25N3O. The maximum Gasteiger partial charge on any atom is 0.272 e. The molecular weight excluding hydrogens is 298 g/mol. The van der Waals surface area contributed by atoms with Gasteiger partial charge in [0, 0.05) is 38.6 Å². The lowest BCUT2D eigenvalue weighted by Gasteiger charge is -2.30. The largest absolute Gasteiger partial charge is 0.370 e. The molecule has 24 heavy (non-hydrogen) atoms. The van der Waals surface area contributed by atoms with E-state index in [1.807, 2.05) is 42.3 Å². The number of aromatic nitrogens is 1. The van der Waals surface area contributed by atoms with Gasteiger partial charge < -0.3 is 9.80 Å². The summed E-state index contributed by atoms with van der Waals surface area (Å²) < 4.78 is 0. The lowest BCUT2D eigenvalue weighted by Crippen LogP contribution is -2.39. The highest BCUT2D eigenvalue weighted by molar-refractivity contribution is 5.93. The van der Waals surface area contributed by atoms with Gasteiger partial charge in [0.2, 0.25) is 0 Å². The average Bonchev–Trinajstić information content (AvgIpc) is 2.62. The predicted molar refractivity (Wildman–Crippen MR) is 97.1 cm³/mol. The fraction of sp³-hybridized carbons (Fsp3) is 0.400. The quantitative estimate of drug-likeness (QED) is 0.863. The summed E-state index contributed by atoms with van der Waals surface area (Å²) in [5.41, 5.74) is 2.80. The van der Waals surface area contributed by atoms with Crippen LogP contribution in [0.3, 0.4) is 0 Å². The van der Waals surface area contributed by atoms with Crippen LogP contribution in [0.1, 0.15) is 35.8 Å². The van der Waals surface area contributed by atoms with Gasteiger partial charge in [0.25, 0.3) is 5.91 Å². The fourth-order valence-corrected chi connectivity index (χ4v) is 3.26. The van der Waals surface area contributed by atoms with E-state index in [9.17, 15) is 4.79 Å². The number of carbonyl (C=O) groups is 1. The van der Waals surface area contributed by atoms with Gasteiger partial charge in [-0.1, -0.05) is 37.3 Å². The van der Waals surface area contributed by atoms with E-state index in [-0.39, 0.29) is 5.91 Å². The monoisotopic (exact) mass is 323 g/mol. The molecule has 1 atom stereocenters. The van der Waals surface area contributed by atoms with Crippen molar-refractivity contribution >= 4 is 11.6 Å². The number of rotatable bonds is 4. The molecule has 126 valence electrons. The van der Waals surface area contributed by atoms with Crippen LogP contribution >= 0.6 is 0 Å². The second-order valence-electron chi connectivity index (χ2n) is 6.74. The maximum atomic E-state index is 12.7. The van der Waals surface area contributed by atoms with Gasteiger partial charge in [-0.25, -0.2) is 0 Å². The van der Waals surface area contributed by atoms with Gasteiger partial charge in [0.05, 0.1) is 0 Å². The number of likely N-dealkylation sites (tertiary alicyclic amines) is 1. The van der Waals surface area contributed by atoms with Crippen molar-refractivity contribution < 1.29 is 4.79 Å². The van der Waals surface area contributed by atoms with Gasteiger partial charge in [0.15, 0.2) is 0 Å². The first kappa shape index (κ1) is 16.5. The number of hydrogen-bond acceptors (Lipinski definition) is 3. The fourth-order valence-electron chi connectivity index (χ4n) is 3.26. The van der Waals surface area contributed by atoms with Crippen LogP contribution in [0.15, 0.2) is 48.7 Å². The van der Waals surface area contributed by atoms with Crippen molar-refractivity contribution in [2.45, 2.75) is 26.3 Å². The molecule has 0 bridgehead atoms. The number of hydrogen-bond donors (Lipinski definition) is 0. The van der Waals surface area contributed by atoms with E-state index in [2.05, 4.69) is 28.9 Å². The Kier molecular flexibility index (Phi) is 5.14. The average molecular weight is 323 g/mol. The number of carbonyl (C=O) groups excluding carboxylic acids is 1. The number of benzene rings is 1. The Labute approximate surface area is 144 Å². The molecule has 2 aromatic rings. The number of nitrogens with zero attached hydrogens (tertiary/aromatic N) is 3. The van der Waals surface area contributed by atoms with Crippen molar-refractivity contribution in [1.29, 1.82) is 0 Å². The van der Waals surface area contributed by atoms with Crippen LogP contribution in [0.2, 0.25) is 0 Å². The van der Waals surface area contributed by atoms with Gasteiger partial charge in [-0.2, -0.15) is 0 Å². The molecule has 1 amide bonds. The van der Waals surface area contributed by atoms with Gasteiger partial charge in [-0.15, -0.1) is 0 Å². The van der Waals surface area contributed by atoms with Crippen LogP contribution in [0.4, 0.5) is 5.69 Å². The first-order valence-corrected chi connectivity index (χ1v) is 8.64. The number of amides is 1. The molecule has 1 saturated heterocycles. The third-order valence-electron chi connectivity index (χ3n) is 4.61. The second kappa shape index (κ2) is 7.47. The third kappa shape index (κ3) is 3.94. The second-order valence-corrected chi connectivity index (χ2v) is 6.74. The van der Waals surface area contributed by atoms with Gasteiger partial charge in [-0.05, 0) is 36.5 Å². The highest BCUT2D eigenvalue weighted by Gasteiger charge is 2.23.